The minimum absolute atomic E-state index is 0.156. The summed E-state index contributed by atoms with van der Waals surface area (Å²) in [6.45, 7) is -0.0848. The van der Waals surface area contributed by atoms with E-state index < -0.39 is 38.7 Å². The first-order valence-electron chi connectivity index (χ1n) is 8.77. The largest absolute Gasteiger partial charge is 0.394 e. The second-order valence-corrected chi connectivity index (χ2v) is 9.31. The number of hydrogen-bond donors (Lipinski definition) is 3. The van der Waals surface area contributed by atoms with E-state index in [9.17, 15) is 16.8 Å². The highest BCUT2D eigenvalue weighted by molar-refractivity contribution is 7.86. The van der Waals surface area contributed by atoms with Crippen molar-refractivity contribution in [1.29, 1.82) is 0 Å². The number of hydrogen-bond acceptors (Lipinski definition) is 6. The van der Waals surface area contributed by atoms with E-state index >= 15 is 0 Å². The van der Waals surface area contributed by atoms with Gasteiger partial charge in [-0.15, -0.1) is 0 Å². The van der Waals surface area contributed by atoms with Crippen molar-refractivity contribution in [2.24, 2.45) is 0 Å². The average Bonchev–Trinajstić information content (AvgIpc) is 2.48. The van der Waals surface area contributed by atoms with Gasteiger partial charge in [-0.05, 0) is 12.8 Å². The van der Waals surface area contributed by atoms with Gasteiger partial charge in [-0.3, -0.25) is 9.11 Å². The van der Waals surface area contributed by atoms with E-state index in [1.165, 1.54) is 0 Å². The second-order valence-electron chi connectivity index (χ2n) is 6.25. The Kier molecular flexibility index (Phi) is 13.7. The summed E-state index contributed by atoms with van der Waals surface area (Å²) < 4.78 is 64.9. The molecule has 0 aromatic rings. The van der Waals surface area contributed by atoms with Crippen molar-refractivity contribution in [1.82, 2.24) is 0 Å². The van der Waals surface area contributed by atoms with Gasteiger partial charge in [0.05, 0.1) is 18.5 Å². The lowest BCUT2D eigenvalue weighted by molar-refractivity contribution is 0.0242. The Bertz CT molecular complexity index is 516. The molecule has 0 aliphatic carbocycles. The van der Waals surface area contributed by atoms with Gasteiger partial charge >= 0.3 is 0 Å². The summed E-state index contributed by atoms with van der Waals surface area (Å²) in [7, 11) is -7.96. The highest BCUT2D eigenvalue weighted by atomic mass is 32.2. The van der Waals surface area contributed by atoms with E-state index in [1.807, 2.05) is 0 Å². The molecule has 1 unspecified atom stereocenters. The Balaban J connectivity index is 3.36. The molecule has 3 N–H and O–H groups in total. The summed E-state index contributed by atoms with van der Waals surface area (Å²) in [5, 5.41) is 8.96. The maximum Gasteiger partial charge on any atom is 0.267 e. The van der Waals surface area contributed by atoms with Gasteiger partial charge in [-0.25, -0.2) is 0 Å². The van der Waals surface area contributed by atoms with Crippen LogP contribution in [0, 0.1) is 0 Å². The van der Waals surface area contributed by atoms with Crippen LogP contribution in [-0.2, 0) is 25.0 Å². The van der Waals surface area contributed by atoms with Gasteiger partial charge in [0.1, 0.15) is 5.75 Å². The smallest absolute Gasteiger partial charge is 0.267 e. The Morgan fingerprint density at radius 2 is 1.12 bits per heavy atom. The molecular formula is C15H32O8S2. The van der Waals surface area contributed by atoms with Gasteiger partial charge in [0.25, 0.3) is 20.2 Å². The van der Waals surface area contributed by atoms with Crippen LogP contribution in [0.2, 0.25) is 0 Å². The van der Waals surface area contributed by atoms with Crippen LogP contribution in [0.4, 0.5) is 0 Å². The summed E-state index contributed by atoms with van der Waals surface area (Å²) in [5.74, 6) is -0.746. The molecule has 0 aromatic heterocycles. The average molecular weight is 405 g/mol. The topological polar surface area (TPSA) is 138 Å². The monoisotopic (exact) mass is 404 g/mol. The highest BCUT2D eigenvalue weighted by Gasteiger charge is 2.16. The first kappa shape index (κ1) is 24.7. The van der Waals surface area contributed by atoms with Crippen LogP contribution in [0.5, 0.6) is 0 Å². The molecule has 0 radical (unpaired) electrons. The predicted molar refractivity (Wildman–Crippen MR) is 95.8 cm³/mol. The van der Waals surface area contributed by atoms with Crippen LogP contribution in [0.3, 0.4) is 0 Å². The molecule has 0 aliphatic rings. The van der Waals surface area contributed by atoms with E-state index in [0.717, 1.165) is 57.8 Å². The fourth-order valence-electron chi connectivity index (χ4n) is 2.44. The highest BCUT2D eigenvalue weighted by Crippen LogP contribution is 2.11. The molecule has 152 valence electrons. The molecule has 0 saturated heterocycles. The quantitative estimate of drug-likeness (QED) is 0.247. The number of unbranched alkanes of at least 4 members (excludes halogenated alkanes) is 9. The number of ether oxygens (including phenoxy) is 1. The molecule has 0 heterocycles. The number of aliphatic hydroxyl groups excluding tert-OH is 1. The van der Waals surface area contributed by atoms with Crippen LogP contribution < -0.4 is 0 Å². The first-order valence-corrected chi connectivity index (χ1v) is 12.0. The zero-order chi connectivity index (χ0) is 19.2. The Hall–Kier alpha value is -0.260. The van der Waals surface area contributed by atoms with E-state index in [2.05, 4.69) is 0 Å². The fourth-order valence-corrected chi connectivity index (χ4v) is 3.68. The SMILES string of the molecule is O=S(=O)(O)CCCCCCCCCCCCOC(CO)CS(=O)(=O)O. The van der Waals surface area contributed by atoms with E-state index in [-0.39, 0.29) is 5.75 Å². The van der Waals surface area contributed by atoms with Crippen molar-refractivity contribution in [2.45, 2.75) is 70.3 Å². The summed E-state index contributed by atoms with van der Waals surface area (Å²) in [6, 6.07) is 0. The van der Waals surface area contributed by atoms with Crippen LogP contribution in [0.25, 0.3) is 0 Å². The maximum absolute atomic E-state index is 10.7. The van der Waals surface area contributed by atoms with Gasteiger partial charge in [-0.1, -0.05) is 51.4 Å². The molecule has 0 aliphatic heterocycles. The molecule has 25 heavy (non-hydrogen) atoms. The van der Waals surface area contributed by atoms with Crippen molar-refractivity contribution in [2.75, 3.05) is 24.7 Å². The van der Waals surface area contributed by atoms with E-state index in [1.54, 1.807) is 0 Å². The lowest BCUT2D eigenvalue weighted by atomic mass is 10.1. The summed E-state index contributed by atoms with van der Waals surface area (Å²) in [4.78, 5) is 0. The lowest BCUT2D eigenvalue weighted by Gasteiger charge is -2.13. The van der Waals surface area contributed by atoms with Crippen molar-refractivity contribution in [3.05, 3.63) is 0 Å². The van der Waals surface area contributed by atoms with Gasteiger partial charge < -0.3 is 9.84 Å². The fraction of sp³-hybridized carbons (Fsp3) is 1.00. The van der Waals surface area contributed by atoms with Crippen LogP contribution in [-0.4, -0.2) is 61.9 Å². The second kappa shape index (κ2) is 13.9. The van der Waals surface area contributed by atoms with Crippen LogP contribution >= 0.6 is 0 Å². The summed E-state index contributed by atoms with van der Waals surface area (Å²) in [5.41, 5.74) is 0. The standard InChI is InChI=1S/C15H32O8S2/c16-13-15(14-25(20,21)22)23-11-9-7-5-3-1-2-4-6-8-10-12-24(17,18)19/h15-16H,1-14H2,(H,17,18,19)(H,20,21,22). The van der Waals surface area contributed by atoms with Gasteiger partial charge in [0.2, 0.25) is 0 Å². The van der Waals surface area contributed by atoms with Gasteiger partial charge in [0, 0.05) is 6.61 Å². The molecule has 0 spiro atoms. The van der Waals surface area contributed by atoms with Crippen molar-refractivity contribution in [3.63, 3.8) is 0 Å². The molecule has 0 rings (SSSR count). The van der Waals surface area contributed by atoms with Crippen molar-refractivity contribution in [3.8, 4) is 0 Å². The molecule has 0 bridgehead atoms. The van der Waals surface area contributed by atoms with Crippen molar-refractivity contribution >= 4 is 20.2 Å². The minimum Gasteiger partial charge on any atom is -0.394 e. The molecule has 0 amide bonds. The molecule has 0 saturated carbocycles. The molecule has 8 nitrogen and oxygen atoms in total. The van der Waals surface area contributed by atoms with Crippen molar-refractivity contribution < 1.29 is 35.8 Å². The number of aliphatic hydroxyl groups is 1. The summed E-state index contributed by atoms with van der Waals surface area (Å²) in [6.07, 6.45) is 8.56. The van der Waals surface area contributed by atoms with Gasteiger partial charge in [-0.2, -0.15) is 16.8 Å². The third kappa shape index (κ3) is 19.9. The number of rotatable bonds is 17. The zero-order valence-corrected chi connectivity index (χ0v) is 16.3. The molecular weight excluding hydrogens is 372 g/mol. The summed E-state index contributed by atoms with van der Waals surface area (Å²) >= 11 is 0. The van der Waals surface area contributed by atoms with Gasteiger partial charge in [0.15, 0.2) is 0 Å². The first-order chi connectivity index (χ1) is 11.6. The maximum atomic E-state index is 10.7. The minimum atomic E-state index is -4.14. The van der Waals surface area contributed by atoms with E-state index in [4.69, 9.17) is 18.9 Å². The Morgan fingerprint density at radius 1 is 0.680 bits per heavy atom. The Morgan fingerprint density at radius 3 is 1.52 bits per heavy atom. The Labute approximate surface area is 151 Å². The third-order valence-electron chi connectivity index (χ3n) is 3.75. The zero-order valence-electron chi connectivity index (χ0n) is 14.7. The third-order valence-corrected chi connectivity index (χ3v) is 5.35. The predicted octanol–water partition coefficient (Wildman–Crippen LogP) is 2.04. The normalized spacial score (nSPS) is 13.9. The molecule has 1 atom stereocenters. The lowest BCUT2D eigenvalue weighted by Crippen LogP contribution is -2.27. The van der Waals surface area contributed by atoms with Crippen LogP contribution in [0.15, 0.2) is 0 Å². The van der Waals surface area contributed by atoms with Crippen LogP contribution in [0.1, 0.15) is 64.2 Å². The van der Waals surface area contributed by atoms with E-state index in [0.29, 0.717) is 13.0 Å². The molecule has 10 heteroatoms. The molecule has 0 fully saturated rings. The molecule has 0 aromatic carbocycles.